The molecule has 21 heavy (non-hydrogen) atoms. The molecule has 3 heteroatoms. The van der Waals surface area contributed by atoms with Crippen molar-refractivity contribution in [3.8, 4) is 0 Å². The van der Waals surface area contributed by atoms with Crippen LogP contribution in [0.15, 0.2) is 30.3 Å². The van der Waals surface area contributed by atoms with Gasteiger partial charge in [-0.25, -0.2) is 0 Å². The van der Waals surface area contributed by atoms with E-state index < -0.39 is 0 Å². The lowest BCUT2D eigenvalue weighted by Crippen LogP contribution is -2.29. The third kappa shape index (κ3) is 4.18. The van der Waals surface area contributed by atoms with Crippen molar-refractivity contribution in [2.45, 2.75) is 26.7 Å². The lowest BCUT2D eigenvalue weighted by atomic mass is 10.0. The molecule has 1 N–H and O–H groups in total. The van der Waals surface area contributed by atoms with Crippen molar-refractivity contribution in [3.05, 3.63) is 41.5 Å². The molecule has 0 aliphatic carbocycles. The second kappa shape index (κ2) is 7.41. The summed E-state index contributed by atoms with van der Waals surface area (Å²) >= 11 is 0. The van der Waals surface area contributed by atoms with E-state index in [-0.39, 0.29) is 5.91 Å². The fourth-order valence-corrected chi connectivity index (χ4v) is 2.85. The Bertz CT molecular complexity index is 504. The molecule has 1 atom stereocenters. The summed E-state index contributed by atoms with van der Waals surface area (Å²) in [6.45, 7) is 6.91. The van der Waals surface area contributed by atoms with E-state index in [9.17, 15) is 4.79 Å². The topological polar surface area (TPSA) is 32.3 Å². The number of nitrogens with one attached hydrogen (secondary N) is 1. The first-order valence-corrected chi connectivity index (χ1v) is 7.85. The molecule has 0 spiro atoms. The van der Waals surface area contributed by atoms with Crippen molar-refractivity contribution >= 4 is 11.5 Å². The minimum absolute atomic E-state index is 0.144. The van der Waals surface area contributed by atoms with Crippen LogP contribution in [0.2, 0.25) is 0 Å². The summed E-state index contributed by atoms with van der Waals surface area (Å²) in [5.41, 5.74) is 3.50. The first-order chi connectivity index (χ1) is 10.1. The monoisotopic (exact) mass is 286 g/mol. The van der Waals surface area contributed by atoms with Crippen LogP contribution in [0.25, 0.3) is 5.57 Å². The lowest BCUT2D eigenvalue weighted by molar-refractivity contribution is -0.125. The maximum atomic E-state index is 12.3. The Balaban J connectivity index is 1.99. The van der Waals surface area contributed by atoms with Crippen LogP contribution in [-0.4, -0.2) is 37.5 Å². The maximum absolute atomic E-state index is 12.3. The molecule has 2 rings (SSSR count). The molecule has 1 fully saturated rings. The molecule has 0 saturated carbocycles. The van der Waals surface area contributed by atoms with Gasteiger partial charge in [0.05, 0.1) is 0 Å². The predicted octanol–water partition coefficient (Wildman–Crippen LogP) is 2.72. The van der Waals surface area contributed by atoms with E-state index in [1.807, 2.05) is 18.9 Å². The van der Waals surface area contributed by atoms with Crippen LogP contribution >= 0.6 is 0 Å². The molecule has 1 aliphatic heterocycles. The van der Waals surface area contributed by atoms with Crippen LogP contribution < -0.4 is 5.32 Å². The van der Waals surface area contributed by atoms with Gasteiger partial charge < -0.3 is 10.2 Å². The number of nitrogens with zero attached hydrogens (tertiary/aromatic N) is 1. The van der Waals surface area contributed by atoms with Crippen LogP contribution in [0.3, 0.4) is 0 Å². The Morgan fingerprint density at radius 2 is 2.10 bits per heavy atom. The molecule has 1 heterocycles. The van der Waals surface area contributed by atoms with Crippen molar-refractivity contribution in [1.29, 1.82) is 0 Å². The molecular formula is C18H26N2O. The summed E-state index contributed by atoms with van der Waals surface area (Å²) < 4.78 is 0. The average Bonchev–Trinajstić information content (AvgIpc) is 2.96. The number of hydrogen-bond acceptors (Lipinski definition) is 2. The summed E-state index contributed by atoms with van der Waals surface area (Å²) in [4.78, 5) is 14.3. The third-order valence-corrected chi connectivity index (χ3v) is 4.25. The van der Waals surface area contributed by atoms with E-state index in [1.54, 1.807) is 6.08 Å². The molecular weight excluding hydrogens is 260 g/mol. The van der Waals surface area contributed by atoms with Crippen molar-refractivity contribution < 1.29 is 4.79 Å². The number of rotatable bonds is 5. The maximum Gasteiger partial charge on any atom is 0.246 e. The molecule has 1 aromatic rings. The quantitative estimate of drug-likeness (QED) is 0.844. The Morgan fingerprint density at radius 1 is 1.38 bits per heavy atom. The molecule has 1 unspecified atom stereocenters. The second-order valence-corrected chi connectivity index (χ2v) is 5.87. The Morgan fingerprint density at radius 3 is 2.71 bits per heavy atom. The summed E-state index contributed by atoms with van der Waals surface area (Å²) in [7, 11) is 1.97. The molecule has 1 aliphatic rings. The smallest absolute Gasteiger partial charge is 0.246 e. The van der Waals surface area contributed by atoms with E-state index in [0.29, 0.717) is 5.92 Å². The second-order valence-electron chi connectivity index (χ2n) is 5.87. The van der Waals surface area contributed by atoms with Gasteiger partial charge in [0.1, 0.15) is 0 Å². The Hall–Kier alpha value is -1.61. The molecule has 0 bridgehead atoms. The summed E-state index contributed by atoms with van der Waals surface area (Å²) in [6.07, 6.45) is 3.93. The minimum atomic E-state index is 0.144. The number of allylic oxidation sites excluding steroid dienone is 1. The van der Waals surface area contributed by atoms with Gasteiger partial charge in [-0.1, -0.05) is 31.2 Å². The van der Waals surface area contributed by atoms with E-state index in [4.69, 9.17) is 0 Å². The van der Waals surface area contributed by atoms with Crippen LogP contribution in [0.5, 0.6) is 0 Å². The highest BCUT2D eigenvalue weighted by Gasteiger charge is 2.24. The highest BCUT2D eigenvalue weighted by Crippen LogP contribution is 2.19. The number of carbonyl (C=O) groups excluding carboxylic acids is 1. The highest BCUT2D eigenvalue weighted by atomic mass is 16.2. The number of carbonyl (C=O) groups is 1. The Labute approximate surface area is 128 Å². The minimum Gasteiger partial charge on any atom is -0.339 e. The number of hydrogen-bond donors (Lipinski definition) is 1. The normalized spacial score (nSPS) is 19.1. The average molecular weight is 286 g/mol. The number of aryl methyl sites for hydroxylation is 1. The zero-order valence-corrected chi connectivity index (χ0v) is 13.4. The summed E-state index contributed by atoms with van der Waals surface area (Å²) in [5, 5.41) is 3.19. The first kappa shape index (κ1) is 15.8. The number of likely N-dealkylation sites (tertiary alicyclic amines) is 1. The van der Waals surface area contributed by atoms with E-state index in [1.165, 1.54) is 5.56 Å². The van der Waals surface area contributed by atoms with Crippen LogP contribution in [0.4, 0.5) is 0 Å². The van der Waals surface area contributed by atoms with Crippen LogP contribution in [-0.2, 0) is 11.2 Å². The molecule has 3 nitrogen and oxygen atoms in total. The SMILES string of the molecule is CCc1ccc(/C(C)=C/C(=O)N2CCC(CNC)C2)cc1. The van der Waals surface area contributed by atoms with Crippen molar-refractivity contribution in [2.24, 2.45) is 5.92 Å². The largest absolute Gasteiger partial charge is 0.339 e. The van der Waals surface area contributed by atoms with Crippen LogP contribution in [0, 0.1) is 5.92 Å². The van der Waals surface area contributed by atoms with Gasteiger partial charge >= 0.3 is 0 Å². The van der Waals surface area contributed by atoms with Crippen LogP contribution in [0.1, 0.15) is 31.4 Å². The fraction of sp³-hybridized carbons (Fsp3) is 0.500. The number of benzene rings is 1. The third-order valence-electron chi connectivity index (χ3n) is 4.25. The molecule has 0 aromatic heterocycles. The van der Waals surface area contributed by atoms with Gasteiger partial charge in [0, 0.05) is 19.2 Å². The molecule has 1 saturated heterocycles. The Kier molecular flexibility index (Phi) is 5.57. The van der Waals surface area contributed by atoms with Crippen molar-refractivity contribution in [2.75, 3.05) is 26.7 Å². The van der Waals surface area contributed by atoms with Gasteiger partial charge in [-0.3, -0.25) is 4.79 Å². The van der Waals surface area contributed by atoms with Gasteiger partial charge in [-0.05, 0) is 56.0 Å². The van der Waals surface area contributed by atoms with E-state index in [0.717, 1.165) is 43.6 Å². The number of amides is 1. The molecule has 1 amide bonds. The van der Waals surface area contributed by atoms with E-state index in [2.05, 4.69) is 36.5 Å². The lowest BCUT2D eigenvalue weighted by Gasteiger charge is -2.15. The van der Waals surface area contributed by atoms with E-state index >= 15 is 0 Å². The van der Waals surface area contributed by atoms with Gasteiger partial charge in [0.15, 0.2) is 0 Å². The summed E-state index contributed by atoms with van der Waals surface area (Å²) in [6, 6.07) is 8.48. The van der Waals surface area contributed by atoms with Crippen molar-refractivity contribution in [1.82, 2.24) is 10.2 Å². The first-order valence-electron chi connectivity index (χ1n) is 7.85. The molecule has 0 radical (unpaired) electrons. The highest BCUT2D eigenvalue weighted by molar-refractivity contribution is 5.95. The van der Waals surface area contributed by atoms with Gasteiger partial charge in [0.2, 0.25) is 5.91 Å². The fourth-order valence-electron chi connectivity index (χ4n) is 2.85. The zero-order valence-electron chi connectivity index (χ0n) is 13.4. The predicted molar refractivity (Wildman–Crippen MR) is 88.1 cm³/mol. The summed E-state index contributed by atoms with van der Waals surface area (Å²) in [5.74, 6) is 0.738. The van der Waals surface area contributed by atoms with Gasteiger partial charge in [-0.2, -0.15) is 0 Å². The molecule has 1 aromatic carbocycles. The molecule has 114 valence electrons. The van der Waals surface area contributed by atoms with Crippen molar-refractivity contribution in [3.63, 3.8) is 0 Å². The van der Waals surface area contributed by atoms with Gasteiger partial charge in [-0.15, -0.1) is 0 Å². The zero-order chi connectivity index (χ0) is 15.2. The van der Waals surface area contributed by atoms with Gasteiger partial charge in [0.25, 0.3) is 0 Å². The standard InChI is InChI=1S/C18H26N2O/c1-4-15-5-7-17(8-6-15)14(2)11-18(21)20-10-9-16(13-20)12-19-3/h5-8,11,16,19H,4,9-10,12-13H2,1-3H3/b14-11+.